The summed E-state index contributed by atoms with van der Waals surface area (Å²) in [5, 5.41) is 22.5. The molecule has 7 nitrogen and oxygen atoms in total. The van der Waals surface area contributed by atoms with E-state index < -0.39 is 18.0 Å². The van der Waals surface area contributed by atoms with E-state index in [4.69, 9.17) is 10.2 Å². The maximum atomic E-state index is 11.6. The maximum Gasteiger partial charge on any atom is 0.326 e. The van der Waals surface area contributed by atoms with Crippen LogP contribution in [0, 0.1) is 0 Å². The molecule has 0 saturated heterocycles. The van der Waals surface area contributed by atoms with Crippen LogP contribution in [0.4, 0.5) is 4.79 Å². The van der Waals surface area contributed by atoms with Crippen molar-refractivity contribution in [3.8, 4) is 0 Å². The summed E-state index contributed by atoms with van der Waals surface area (Å²) in [6.45, 7) is 1.47. The third-order valence-corrected chi connectivity index (χ3v) is 2.57. The standard InChI is InChI=1S/C12H17N3O4/c1-8(9-2-5-13-6-3-9)14-12(19)15-10(4-7-16)11(17)18/h2-3,5-6,8,10,16H,4,7H2,1H3,(H,17,18)(H2,14,15,19)/t8?,10-/m1/s1. The lowest BCUT2D eigenvalue weighted by molar-refractivity contribution is -0.139. The molecular formula is C12H17N3O4. The molecule has 1 heterocycles. The van der Waals surface area contributed by atoms with Gasteiger partial charge in [-0.05, 0) is 24.6 Å². The van der Waals surface area contributed by atoms with E-state index in [2.05, 4.69) is 15.6 Å². The topological polar surface area (TPSA) is 112 Å². The lowest BCUT2D eigenvalue weighted by atomic mass is 10.1. The number of urea groups is 1. The number of carboxylic acids is 1. The monoisotopic (exact) mass is 267 g/mol. The number of carbonyl (C=O) groups excluding carboxylic acids is 1. The lowest BCUT2D eigenvalue weighted by Gasteiger charge is -2.18. The number of aliphatic carboxylic acids is 1. The SMILES string of the molecule is CC(NC(=O)N[C@H](CCO)C(=O)O)c1ccncc1. The Bertz CT molecular complexity index is 424. The van der Waals surface area contributed by atoms with Crippen molar-refractivity contribution in [3.05, 3.63) is 30.1 Å². The Balaban J connectivity index is 2.52. The Morgan fingerprint density at radius 3 is 2.47 bits per heavy atom. The van der Waals surface area contributed by atoms with Gasteiger partial charge in [0.2, 0.25) is 0 Å². The first-order chi connectivity index (χ1) is 9.04. The zero-order chi connectivity index (χ0) is 14.3. The van der Waals surface area contributed by atoms with Crippen LogP contribution in [0.25, 0.3) is 0 Å². The quantitative estimate of drug-likeness (QED) is 0.591. The summed E-state index contributed by atoms with van der Waals surface area (Å²) in [4.78, 5) is 26.3. The van der Waals surface area contributed by atoms with Crippen molar-refractivity contribution >= 4 is 12.0 Å². The van der Waals surface area contributed by atoms with Crippen LogP contribution >= 0.6 is 0 Å². The van der Waals surface area contributed by atoms with E-state index in [1.165, 1.54) is 0 Å². The molecule has 1 unspecified atom stereocenters. The molecule has 104 valence electrons. The predicted octanol–water partition coefficient (Wildman–Crippen LogP) is 0.277. The van der Waals surface area contributed by atoms with Crippen molar-refractivity contribution in [3.63, 3.8) is 0 Å². The van der Waals surface area contributed by atoms with Gasteiger partial charge >= 0.3 is 12.0 Å². The molecular weight excluding hydrogens is 250 g/mol. The summed E-state index contributed by atoms with van der Waals surface area (Å²) in [6.07, 6.45) is 3.18. The summed E-state index contributed by atoms with van der Waals surface area (Å²) in [5.41, 5.74) is 0.860. The first-order valence-electron chi connectivity index (χ1n) is 5.85. The molecule has 0 spiro atoms. The van der Waals surface area contributed by atoms with Crippen LogP contribution in [0.3, 0.4) is 0 Å². The number of aliphatic hydroxyl groups is 1. The number of pyridine rings is 1. The van der Waals surface area contributed by atoms with Crippen LogP contribution in [0.2, 0.25) is 0 Å². The third kappa shape index (κ3) is 4.92. The molecule has 1 aromatic heterocycles. The van der Waals surface area contributed by atoms with Crippen molar-refractivity contribution in [2.24, 2.45) is 0 Å². The number of nitrogens with one attached hydrogen (secondary N) is 2. The minimum atomic E-state index is -1.18. The van der Waals surface area contributed by atoms with Gasteiger partial charge in [-0.1, -0.05) is 0 Å². The van der Waals surface area contributed by atoms with Crippen molar-refractivity contribution in [1.82, 2.24) is 15.6 Å². The normalized spacial score (nSPS) is 13.4. The van der Waals surface area contributed by atoms with Crippen molar-refractivity contribution in [2.45, 2.75) is 25.4 Å². The number of nitrogens with zero attached hydrogens (tertiary/aromatic N) is 1. The molecule has 0 fully saturated rings. The van der Waals surface area contributed by atoms with Gasteiger partial charge in [0.15, 0.2) is 0 Å². The van der Waals surface area contributed by atoms with Crippen LogP contribution in [0.15, 0.2) is 24.5 Å². The first-order valence-corrected chi connectivity index (χ1v) is 5.85. The van der Waals surface area contributed by atoms with Gasteiger partial charge in [-0.25, -0.2) is 9.59 Å². The molecule has 2 amide bonds. The molecule has 0 aromatic carbocycles. The fourth-order valence-electron chi connectivity index (χ4n) is 1.52. The lowest BCUT2D eigenvalue weighted by Crippen LogP contribution is -2.47. The number of hydrogen-bond donors (Lipinski definition) is 4. The molecule has 0 bridgehead atoms. The first kappa shape index (κ1) is 14.9. The third-order valence-electron chi connectivity index (χ3n) is 2.57. The molecule has 1 rings (SSSR count). The zero-order valence-corrected chi connectivity index (χ0v) is 10.5. The molecule has 2 atom stereocenters. The minimum Gasteiger partial charge on any atom is -0.480 e. The summed E-state index contributed by atoms with van der Waals surface area (Å²) in [5.74, 6) is -1.18. The predicted molar refractivity (Wildman–Crippen MR) is 67.4 cm³/mol. The fraction of sp³-hybridized carbons (Fsp3) is 0.417. The van der Waals surface area contributed by atoms with Crippen molar-refractivity contribution in [1.29, 1.82) is 0 Å². The van der Waals surface area contributed by atoms with E-state index in [0.29, 0.717) is 0 Å². The average Bonchev–Trinajstić information content (AvgIpc) is 2.39. The average molecular weight is 267 g/mol. The fourth-order valence-corrected chi connectivity index (χ4v) is 1.52. The van der Waals surface area contributed by atoms with Crippen LogP contribution in [0.5, 0.6) is 0 Å². The van der Waals surface area contributed by atoms with Crippen molar-refractivity contribution in [2.75, 3.05) is 6.61 Å². The van der Waals surface area contributed by atoms with Crippen molar-refractivity contribution < 1.29 is 19.8 Å². The van der Waals surface area contributed by atoms with Gasteiger partial charge in [-0.2, -0.15) is 0 Å². The van der Waals surface area contributed by atoms with Gasteiger partial charge in [-0.3, -0.25) is 4.98 Å². The summed E-state index contributed by atoms with van der Waals surface area (Å²) < 4.78 is 0. The second-order valence-electron chi connectivity index (χ2n) is 4.02. The van der Waals surface area contributed by atoms with Gasteiger partial charge in [0, 0.05) is 25.4 Å². The highest BCUT2D eigenvalue weighted by Gasteiger charge is 2.20. The molecule has 0 aliphatic heterocycles. The summed E-state index contributed by atoms with van der Waals surface area (Å²) in [7, 11) is 0. The number of hydrogen-bond acceptors (Lipinski definition) is 4. The van der Waals surface area contributed by atoms with Crippen LogP contribution < -0.4 is 10.6 Å². The van der Waals surface area contributed by atoms with Gasteiger partial charge in [0.05, 0.1) is 6.04 Å². The van der Waals surface area contributed by atoms with Gasteiger partial charge in [0.1, 0.15) is 6.04 Å². The van der Waals surface area contributed by atoms with E-state index in [9.17, 15) is 9.59 Å². The highest BCUT2D eigenvalue weighted by Crippen LogP contribution is 2.09. The van der Waals surface area contributed by atoms with E-state index in [0.717, 1.165) is 5.56 Å². The number of amides is 2. The van der Waals surface area contributed by atoms with Gasteiger partial charge in [0.25, 0.3) is 0 Å². The summed E-state index contributed by atoms with van der Waals surface area (Å²) in [6, 6.07) is 1.55. The van der Waals surface area contributed by atoms with Gasteiger partial charge < -0.3 is 20.8 Å². The maximum absolute atomic E-state index is 11.6. The van der Waals surface area contributed by atoms with E-state index in [1.807, 2.05) is 0 Å². The Hall–Kier alpha value is -2.15. The molecule has 0 aliphatic rings. The van der Waals surface area contributed by atoms with Gasteiger partial charge in [-0.15, -0.1) is 0 Å². The summed E-state index contributed by atoms with van der Waals surface area (Å²) >= 11 is 0. The number of aliphatic hydroxyl groups excluding tert-OH is 1. The highest BCUT2D eigenvalue weighted by molar-refractivity contribution is 5.82. The molecule has 19 heavy (non-hydrogen) atoms. The van der Waals surface area contributed by atoms with E-state index in [1.54, 1.807) is 31.5 Å². The minimum absolute atomic E-state index is 0.0353. The number of carbonyl (C=O) groups is 2. The molecule has 0 aliphatic carbocycles. The van der Waals surface area contributed by atoms with Crippen LogP contribution in [-0.2, 0) is 4.79 Å². The Morgan fingerprint density at radius 1 is 1.32 bits per heavy atom. The van der Waals surface area contributed by atoms with E-state index >= 15 is 0 Å². The Labute approximate surface area is 110 Å². The largest absolute Gasteiger partial charge is 0.480 e. The Kier molecular flexibility index (Phi) is 5.74. The second-order valence-corrected chi connectivity index (χ2v) is 4.02. The number of aromatic nitrogens is 1. The zero-order valence-electron chi connectivity index (χ0n) is 10.5. The molecule has 4 N–H and O–H groups in total. The van der Waals surface area contributed by atoms with E-state index in [-0.39, 0.29) is 19.1 Å². The smallest absolute Gasteiger partial charge is 0.326 e. The molecule has 0 radical (unpaired) electrons. The number of rotatable bonds is 6. The second kappa shape index (κ2) is 7.32. The highest BCUT2D eigenvalue weighted by atomic mass is 16.4. The number of carboxylic acid groups (broad SMARTS) is 1. The molecule has 7 heteroatoms. The molecule has 1 aromatic rings. The molecule has 0 saturated carbocycles. The van der Waals surface area contributed by atoms with Crippen LogP contribution in [-0.4, -0.2) is 39.8 Å². The van der Waals surface area contributed by atoms with Crippen LogP contribution in [0.1, 0.15) is 24.9 Å². The Morgan fingerprint density at radius 2 is 1.95 bits per heavy atom.